The van der Waals surface area contributed by atoms with Crippen LogP contribution in [0.4, 0.5) is 0 Å². The Hall–Kier alpha value is -1.32. The Morgan fingerprint density at radius 2 is 1.75 bits per heavy atom. The molecule has 2 nitrogen and oxygen atoms in total. The van der Waals surface area contributed by atoms with Crippen molar-refractivity contribution < 1.29 is 9.84 Å². The minimum Gasteiger partial charge on any atom is -0.496 e. The highest BCUT2D eigenvalue weighted by atomic mass is 79.9. The molecule has 2 rings (SSSR count). The first kappa shape index (κ1) is 15.1. The van der Waals surface area contributed by atoms with Gasteiger partial charge in [0.1, 0.15) is 11.9 Å². The largest absolute Gasteiger partial charge is 0.496 e. The van der Waals surface area contributed by atoms with Gasteiger partial charge < -0.3 is 9.84 Å². The number of methoxy groups -OCH3 is 1. The van der Waals surface area contributed by atoms with Crippen LogP contribution in [-0.2, 0) is 0 Å². The molecule has 0 amide bonds. The molecule has 0 heterocycles. The third-order valence-electron chi connectivity index (χ3n) is 3.65. The van der Waals surface area contributed by atoms with Crippen molar-refractivity contribution >= 4 is 15.9 Å². The highest BCUT2D eigenvalue weighted by Crippen LogP contribution is 2.36. The zero-order valence-electron chi connectivity index (χ0n) is 12.2. The quantitative estimate of drug-likeness (QED) is 0.897. The predicted octanol–water partition coefficient (Wildman–Crippen LogP) is 4.46. The van der Waals surface area contributed by atoms with E-state index in [0.29, 0.717) is 0 Å². The van der Waals surface area contributed by atoms with E-state index < -0.39 is 6.10 Å². The van der Waals surface area contributed by atoms with Crippen molar-refractivity contribution in [1.29, 1.82) is 0 Å². The molecule has 0 saturated carbocycles. The Balaban J connectivity index is 2.56. The van der Waals surface area contributed by atoms with E-state index in [9.17, 15) is 5.11 Å². The molecule has 0 aromatic heterocycles. The average molecular weight is 335 g/mol. The summed E-state index contributed by atoms with van der Waals surface area (Å²) in [5.74, 6) is 0.755. The first-order chi connectivity index (χ1) is 9.45. The topological polar surface area (TPSA) is 29.5 Å². The van der Waals surface area contributed by atoms with E-state index in [2.05, 4.69) is 15.9 Å². The molecule has 2 aromatic rings. The highest BCUT2D eigenvalue weighted by Gasteiger charge is 2.20. The molecule has 0 spiro atoms. The Labute approximate surface area is 128 Å². The van der Waals surface area contributed by atoms with Crippen molar-refractivity contribution in [1.82, 2.24) is 0 Å². The van der Waals surface area contributed by atoms with Gasteiger partial charge in [-0.1, -0.05) is 45.8 Å². The zero-order chi connectivity index (χ0) is 14.9. The molecule has 0 fully saturated rings. The first-order valence-electron chi connectivity index (χ1n) is 6.54. The lowest BCUT2D eigenvalue weighted by Crippen LogP contribution is -2.05. The van der Waals surface area contributed by atoms with Gasteiger partial charge >= 0.3 is 0 Å². The molecule has 0 saturated heterocycles. The number of benzene rings is 2. The van der Waals surface area contributed by atoms with Gasteiger partial charge in [-0.15, -0.1) is 0 Å². The minimum absolute atomic E-state index is 0.710. The van der Waals surface area contributed by atoms with E-state index in [0.717, 1.165) is 38.0 Å². The Bertz CT molecular complexity index is 635. The fourth-order valence-corrected chi connectivity index (χ4v) is 2.80. The fourth-order valence-electron chi connectivity index (χ4n) is 2.34. The Morgan fingerprint density at radius 1 is 1.05 bits per heavy atom. The zero-order valence-corrected chi connectivity index (χ0v) is 13.8. The molecule has 3 heteroatoms. The number of rotatable bonds is 3. The molecule has 0 aliphatic heterocycles. The third kappa shape index (κ3) is 2.74. The molecular formula is C17H19BrO2. The monoisotopic (exact) mass is 334 g/mol. The van der Waals surface area contributed by atoms with Crippen LogP contribution < -0.4 is 4.74 Å². The molecule has 0 aliphatic rings. The second-order valence-corrected chi connectivity index (χ2v) is 5.91. The van der Waals surface area contributed by atoms with Crippen LogP contribution in [0.1, 0.15) is 33.9 Å². The molecule has 0 aliphatic carbocycles. The van der Waals surface area contributed by atoms with E-state index in [1.807, 2.05) is 51.1 Å². The number of halogens is 1. The van der Waals surface area contributed by atoms with E-state index in [4.69, 9.17) is 4.74 Å². The van der Waals surface area contributed by atoms with E-state index in [-0.39, 0.29) is 0 Å². The second-order valence-electron chi connectivity index (χ2n) is 5.06. The third-order valence-corrected chi connectivity index (χ3v) is 4.37. The molecule has 1 unspecified atom stereocenters. The van der Waals surface area contributed by atoms with E-state index in [1.54, 1.807) is 7.11 Å². The van der Waals surface area contributed by atoms with Gasteiger partial charge in [-0.2, -0.15) is 0 Å². The van der Waals surface area contributed by atoms with Crippen LogP contribution in [0.15, 0.2) is 34.8 Å². The fraction of sp³-hybridized carbons (Fsp3) is 0.294. The average Bonchev–Trinajstić information content (AvgIpc) is 2.43. The van der Waals surface area contributed by atoms with Gasteiger partial charge in [0.15, 0.2) is 0 Å². The lowest BCUT2D eigenvalue weighted by molar-refractivity contribution is 0.213. The molecule has 20 heavy (non-hydrogen) atoms. The molecule has 0 bridgehead atoms. The lowest BCUT2D eigenvalue weighted by Gasteiger charge is -2.19. The number of aliphatic hydroxyl groups is 1. The summed E-state index contributed by atoms with van der Waals surface area (Å²) in [6, 6.07) is 9.91. The molecule has 1 N–H and O–H groups in total. The minimum atomic E-state index is -0.710. The summed E-state index contributed by atoms with van der Waals surface area (Å²) in [6.07, 6.45) is -0.710. The summed E-state index contributed by atoms with van der Waals surface area (Å²) >= 11 is 3.51. The van der Waals surface area contributed by atoms with Crippen LogP contribution in [0.3, 0.4) is 0 Å². The molecule has 2 aromatic carbocycles. The van der Waals surface area contributed by atoms with Gasteiger partial charge in [-0.05, 0) is 43.5 Å². The van der Waals surface area contributed by atoms with Gasteiger partial charge in [-0.3, -0.25) is 0 Å². The van der Waals surface area contributed by atoms with Crippen LogP contribution in [0.2, 0.25) is 0 Å². The van der Waals surface area contributed by atoms with Gasteiger partial charge in [0.2, 0.25) is 0 Å². The lowest BCUT2D eigenvalue weighted by atomic mass is 9.95. The number of hydrogen-bond acceptors (Lipinski definition) is 2. The maximum atomic E-state index is 10.7. The highest BCUT2D eigenvalue weighted by molar-refractivity contribution is 9.10. The van der Waals surface area contributed by atoms with Gasteiger partial charge in [0.05, 0.1) is 7.11 Å². The van der Waals surface area contributed by atoms with E-state index >= 15 is 0 Å². The molecule has 1 atom stereocenters. The van der Waals surface area contributed by atoms with Crippen molar-refractivity contribution in [3.8, 4) is 5.75 Å². The predicted molar refractivity (Wildman–Crippen MR) is 85.4 cm³/mol. The smallest absolute Gasteiger partial charge is 0.128 e. The number of hydrogen-bond donors (Lipinski definition) is 1. The summed E-state index contributed by atoms with van der Waals surface area (Å²) in [4.78, 5) is 0. The van der Waals surface area contributed by atoms with Crippen LogP contribution in [0, 0.1) is 20.8 Å². The molecular weight excluding hydrogens is 316 g/mol. The second kappa shape index (κ2) is 5.98. The van der Waals surface area contributed by atoms with Crippen molar-refractivity contribution in [2.24, 2.45) is 0 Å². The van der Waals surface area contributed by atoms with Gasteiger partial charge in [0, 0.05) is 10.0 Å². The maximum absolute atomic E-state index is 10.7. The van der Waals surface area contributed by atoms with E-state index in [1.165, 1.54) is 0 Å². The van der Waals surface area contributed by atoms with Crippen molar-refractivity contribution in [2.75, 3.05) is 7.11 Å². The van der Waals surface area contributed by atoms with Gasteiger partial charge in [0.25, 0.3) is 0 Å². The first-order valence-corrected chi connectivity index (χ1v) is 7.33. The van der Waals surface area contributed by atoms with Crippen LogP contribution in [0.25, 0.3) is 0 Å². The number of ether oxygens (including phenoxy) is 1. The van der Waals surface area contributed by atoms with Crippen molar-refractivity contribution in [3.05, 3.63) is 62.6 Å². The van der Waals surface area contributed by atoms with Crippen LogP contribution in [-0.4, -0.2) is 12.2 Å². The number of aliphatic hydroxyl groups excluding tert-OH is 1. The molecule has 106 valence electrons. The normalized spacial score (nSPS) is 12.3. The van der Waals surface area contributed by atoms with Crippen LogP contribution in [0.5, 0.6) is 5.75 Å². The summed E-state index contributed by atoms with van der Waals surface area (Å²) in [7, 11) is 1.64. The Kier molecular flexibility index (Phi) is 4.51. The standard InChI is InChI=1S/C17H19BrO2/c1-10-5-8-15(18)14(9-10)16(19)13-7-6-11(2)12(3)17(13)20-4/h5-9,16,19H,1-4H3. The Morgan fingerprint density at radius 3 is 2.40 bits per heavy atom. The molecule has 0 radical (unpaired) electrons. The summed E-state index contributed by atoms with van der Waals surface area (Å²) in [5.41, 5.74) is 4.98. The summed E-state index contributed by atoms with van der Waals surface area (Å²) in [6.45, 7) is 6.06. The van der Waals surface area contributed by atoms with Crippen LogP contribution >= 0.6 is 15.9 Å². The summed E-state index contributed by atoms with van der Waals surface area (Å²) < 4.78 is 6.39. The number of aryl methyl sites for hydroxylation is 2. The summed E-state index contributed by atoms with van der Waals surface area (Å²) in [5, 5.41) is 10.7. The van der Waals surface area contributed by atoms with Crippen molar-refractivity contribution in [2.45, 2.75) is 26.9 Å². The maximum Gasteiger partial charge on any atom is 0.128 e. The van der Waals surface area contributed by atoms with Gasteiger partial charge in [-0.25, -0.2) is 0 Å². The SMILES string of the molecule is COc1c(C(O)c2cc(C)ccc2Br)ccc(C)c1C. The van der Waals surface area contributed by atoms with Crippen molar-refractivity contribution in [3.63, 3.8) is 0 Å².